The van der Waals surface area contributed by atoms with E-state index in [0.717, 1.165) is 6.07 Å². The standard InChI is InChI=1S/C13H19N3O5S/c1-4-7-14-12-6-5-11(8-13(12)16(17)18)22(19,20)15-10(2)9-21-3/h4-6,8,10,14-15H,1,7,9H2,2-3H3/t10-/m1/s1. The van der Waals surface area contributed by atoms with E-state index in [1.165, 1.54) is 19.2 Å². The number of sulfonamides is 1. The molecule has 122 valence electrons. The number of ether oxygens (including phenoxy) is 1. The second-order valence-electron chi connectivity index (χ2n) is 4.58. The Bertz CT molecular complexity index is 645. The molecule has 0 heterocycles. The van der Waals surface area contributed by atoms with Crippen LogP contribution in [0.1, 0.15) is 6.92 Å². The van der Waals surface area contributed by atoms with E-state index in [4.69, 9.17) is 4.74 Å². The monoisotopic (exact) mass is 329 g/mol. The van der Waals surface area contributed by atoms with Crippen LogP contribution in [-0.2, 0) is 14.8 Å². The van der Waals surface area contributed by atoms with Crippen molar-refractivity contribution in [1.29, 1.82) is 0 Å². The average Bonchev–Trinajstić information content (AvgIpc) is 2.44. The third kappa shape index (κ3) is 4.79. The molecule has 0 spiro atoms. The Balaban J connectivity index is 3.12. The number of nitro benzene ring substituents is 1. The van der Waals surface area contributed by atoms with Gasteiger partial charge in [0.1, 0.15) is 5.69 Å². The first kappa shape index (κ1) is 18.1. The van der Waals surface area contributed by atoms with E-state index >= 15 is 0 Å². The van der Waals surface area contributed by atoms with Crippen LogP contribution in [0, 0.1) is 10.1 Å². The number of rotatable bonds is 9. The molecule has 22 heavy (non-hydrogen) atoms. The molecule has 0 aliphatic heterocycles. The van der Waals surface area contributed by atoms with Gasteiger partial charge in [0, 0.05) is 25.8 Å². The summed E-state index contributed by atoms with van der Waals surface area (Å²) in [5.74, 6) is 0. The number of hydrogen-bond acceptors (Lipinski definition) is 6. The zero-order chi connectivity index (χ0) is 16.8. The third-order valence-corrected chi connectivity index (χ3v) is 4.27. The number of anilines is 1. The highest BCUT2D eigenvalue weighted by molar-refractivity contribution is 7.89. The lowest BCUT2D eigenvalue weighted by Crippen LogP contribution is -2.35. The fraction of sp³-hybridized carbons (Fsp3) is 0.385. The Kier molecular flexibility index (Phi) is 6.47. The summed E-state index contributed by atoms with van der Waals surface area (Å²) in [7, 11) is -2.40. The summed E-state index contributed by atoms with van der Waals surface area (Å²) in [6.07, 6.45) is 1.54. The van der Waals surface area contributed by atoms with Gasteiger partial charge in [-0.1, -0.05) is 6.08 Å². The Morgan fingerprint density at radius 1 is 1.50 bits per heavy atom. The lowest BCUT2D eigenvalue weighted by Gasteiger charge is -2.13. The van der Waals surface area contributed by atoms with Crippen LogP contribution in [0.3, 0.4) is 0 Å². The van der Waals surface area contributed by atoms with Crippen LogP contribution in [0.5, 0.6) is 0 Å². The maximum Gasteiger partial charge on any atom is 0.293 e. The van der Waals surface area contributed by atoms with E-state index in [-0.39, 0.29) is 22.9 Å². The van der Waals surface area contributed by atoms with Crippen molar-refractivity contribution in [2.24, 2.45) is 0 Å². The molecule has 0 aliphatic carbocycles. The zero-order valence-electron chi connectivity index (χ0n) is 12.4. The summed E-state index contributed by atoms with van der Waals surface area (Å²) in [6, 6.07) is 3.23. The molecule has 0 amide bonds. The molecular formula is C13H19N3O5S. The summed E-state index contributed by atoms with van der Waals surface area (Å²) in [5, 5.41) is 13.9. The van der Waals surface area contributed by atoms with E-state index < -0.39 is 21.0 Å². The average molecular weight is 329 g/mol. The fourth-order valence-electron chi connectivity index (χ4n) is 1.78. The van der Waals surface area contributed by atoms with Gasteiger partial charge in [0.25, 0.3) is 5.69 Å². The van der Waals surface area contributed by atoms with E-state index in [0.29, 0.717) is 6.54 Å². The van der Waals surface area contributed by atoms with E-state index in [1.807, 2.05) is 0 Å². The topological polar surface area (TPSA) is 111 Å². The summed E-state index contributed by atoms with van der Waals surface area (Å²) in [6.45, 7) is 5.67. The van der Waals surface area contributed by atoms with Crippen LogP contribution in [0.15, 0.2) is 35.7 Å². The van der Waals surface area contributed by atoms with Gasteiger partial charge in [0.05, 0.1) is 16.4 Å². The molecule has 0 saturated heterocycles. The summed E-state index contributed by atoms with van der Waals surface area (Å²) in [4.78, 5) is 10.3. The molecule has 0 saturated carbocycles. The first-order valence-electron chi connectivity index (χ1n) is 6.46. The van der Waals surface area contributed by atoms with Crippen molar-refractivity contribution in [2.45, 2.75) is 17.9 Å². The predicted octanol–water partition coefficient (Wildman–Crippen LogP) is 1.51. The van der Waals surface area contributed by atoms with Gasteiger partial charge >= 0.3 is 0 Å². The van der Waals surface area contributed by atoms with Crippen molar-refractivity contribution in [3.63, 3.8) is 0 Å². The predicted molar refractivity (Wildman–Crippen MR) is 83.4 cm³/mol. The van der Waals surface area contributed by atoms with Crippen molar-refractivity contribution in [3.8, 4) is 0 Å². The van der Waals surface area contributed by atoms with Crippen LogP contribution in [-0.4, -0.2) is 39.6 Å². The second kappa shape index (κ2) is 7.87. The maximum atomic E-state index is 12.2. The van der Waals surface area contributed by atoms with Gasteiger partial charge < -0.3 is 10.1 Å². The number of nitrogens with one attached hydrogen (secondary N) is 2. The minimum atomic E-state index is -3.86. The largest absolute Gasteiger partial charge is 0.383 e. The highest BCUT2D eigenvalue weighted by Gasteiger charge is 2.22. The lowest BCUT2D eigenvalue weighted by molar-refractivity contribution is -0.384. The fourth-order valence-corrected chi connectivity index (χ4v) is 3.03. The molecule has 0 aliphatic rings. The minimum absolute atomic E-state index is 0.175. The van der Waals surface area contributed by atoms with Crippen LogP contribution < -0.4 is 10.0 Å². The maximum absolute atomic E-state index is 12.2. The Morgan fingerprint density at radius 2 is 2.18 bits per heavy atom. The summed E-state index contributed by atoms with van der Waals surface area (Å²) >= 11 is 0. The SMILES string of the molecule is C=CCNc1ccc(S(=O)(=O)N[C@H](C)COC)cc1[N+](=O)[O-]. The van der Waals surface area contributed by atoms with E-state index in [1.54, 1.807) is 13.0 Å². The molecule has 0 unspecified atom stereocenters. The van der Waals surface area contributed by atoms with Crippen LogP contribution >= 0.6 is 0 Å². The van der Waals surface area contributed by atoms with Crippen LogP contribution in [0.25, 0.3) is 0 Å². The Hall–Kier alpha value is -1.97. The smallest absolute Gasteiger partial charge is 0.293 e. The van der Waals surface area contributed by atoms with Crippen LogP contribution in [0.2, 0.25) is 0 Å². The molecule has 2 N–H and O–H groups in total. The Morgan fingerprint density at radius 3 is 2.73 bits per heavy atom. The molecule has 1 rings (SSSR count). The number of methoxy groups -OCH3 is 1. The van der Waals surface area contributed by atoms with Crippen molar-refractivity contribution < 1.29 is 18.1 Å². The molecule has 9 heteroatoms. The lowest BCUT2D eigenvalue weighted by atomic mass is 10.2. The molecule has 0 radical (unpaired) electrons. The summed E-state index contributed by atoms with van der Waals surface area (Å²) < 4.78 is 31.6. The molecule has 1 atom stereocenters. The second-order valence-corrected chi connectivity index (χ2v) is 6.30. The first-order chi connectivity index (χ1) is 10.3. The van der Waals surface area contributed by atoms with Crippen molar-refractivity contribution in [3.05, 3.63) is 41.0 Å². The highest BCUT2D eigenvalue weighted by atomic mass is 32.2. The van der Waals surface area contributed by atoms with Crippen molar-refractivity contribution in [1.82, 2.24) is 4.72 Å². The zero-order valence-corrected chi connectivity index (χ0v) is 13.2. The van der Waals surface area contributed by atoms with Gasteiger partial charge in [0.15, 0.2) is 0 Å². The molecule has 8 nitrogen and oxygen atoms in total. The third-order valence-electron chi connectivity index (χ3n) is 2.69. The van der Waals surface area contributed by atoms with E-state index in [9.17, 15) is 18.5 Å². The number of nitro groups is 1. The number of nitrogens with zero attached hydrogens (tertiary/aromatic N) is 1. The first-order valence-corrected chi connectivity index (χ1v) is 7.94. The quantitative estimate of drug-likeness (QED) is 0.403. The van der Waals surface area contributed by atoms with Gasteiger partial charge in [-0.3, -0.25) is 10.1 Å². The van der Waals surface area contributed by atoms with E-state index in [2.05, 4.69) is 16.6 Å². The number of benzene rings is 1. The van der Waals surface area contributed by atoms with Crippen LogP contribution in [0.4, 0.5) is 11.4 Å². The van der Waals surface area contributed by atoms with Gasteiger partial charge in [-0.15, -0.1) is 6.58 Å². The molecule has 1 aromatic carbocycles. The Labute approximate surface area is 129 Å². The molecule has 0 aromatic heterocycles. The molecule has 0 bridgehead atoms. The molecule has 0 fully saturated rings. The highest BCUT2D eigenvalue weighted by Crippen LogP contribution is 2.27. The minimum Gasteiger partial charge on any atom is -0.383 e. The molecular weight excluding hydrogens is 310 g/mol. The van der Waals surface area contributed by atoms with Gasteiger partial charge in [-0.25, -0.2) is 13.1 Å². The van der Waals surface area contributed by atoms with Gasteiger partial charge in [0.2, 0.25) is 10.0 Å². The van der Waals surface area contributed by atoms with Gasteiger partial charge in [-0.2, -0.15) is 0 Å². The summed E-state index contributed by atoms with van der Waals surface area (Å²) in [5.41, 5.74) is -0.0853. The van der Waals surface area contributed by atoms with Crippen molar-refractivity contribution >= 4 is 21.4 Å². The number of hydrogen-bond donors (Lipinski definition) is 2. The normalized spacial score (nSPS) is 12.6. The van der Waals surface area contributed by atoms with Crippen molar-refractivity contribution in [2.75, 3.05) is 25.6 Å². The molecule has 1 aromatic rings. The van der Waals surface area contributed by atoms with Gasteiger partial charge in [-0.05, 0) is 19.1 Å².